The van der Waals surface area contributed by atoms with E-state index in [-0.39, 0.29) is 5.91 Å². The van der Waals surface area contributed by atoms with E-state index in [4.69, 9.17) is 0 Å². The first kappa shape index (κ1) is 7.79. The maximum Gasteiger partial charge on any atom is 0.267 e. The Morgan fingerprint density at radius 2 is 2.00 bits per heavy atom. The van der Waals surface area contributed by atoms with Gasteiger partial charge in [-0.1, -0.05) is 30.3 Å². The number of carbonyl (C=O) groups excluding carboxylic acids is 1. The van der Waals surface area contributed by atoms with Crippen molar-refractivity contribution < 1.29 is 4.79 Å². The van der Waals surface area contributed by atoms with Crippen LogP contribution in [0.25, 0.3) is 0 Å². The molecule has 2 rings (SSSR count). The molecule has 2 N–H and O–H groups in total. The molecule has 0 aliphatic carbocycles. The molecular formula is C9H9N3O. The van der Waals surface area contributed by atoms with Crippen molar-refractivity contribution in [3.8, 4) is 0 Å². The molecule has 66 valence electrons. The second-order valence-corrected chi connectivity index (χ2v) is 2.72. The van der Waals surface area contributed by atoms with E-state index in [1.54, 1.807) is 0 Å². The molecule has 0 spiro atoms. The minimum absolute atomic E-state index is 0.131. The van der Waals surface area contributed by atoms with Crippen LogP contribution in [0, 0.1) is 0 Å². The van der Waals surface area contributed by atoms with Crippen LogP contribution in [0.2, 0.25) is 0 Å². The number of carbonyl (C=O) groups is 1. The third-order valence-electron chi connectivity index (χ3n) is 1.85. The van der Waals surface area contributed by atoms with Gasteiger partial charge in [0.05, 0.1) is 0 Å². The Bertz CT molecular complexity index is 334. The van der Waals surface area contributed by atoms with Gasteiger partial charge in [-0.3, -0.25) is 20.6 Å². The molecule has 1 aromatic rings. The van der Waals surface area contributed by atoms with Crippen molar-refractivity contribution in [2.24, 2.45) is 4.99 Å². The summed E-state index contributed by atoms with van der Waals surface area (Å²) in [5.74, 6) is -0.131. The Balaban J connectivity index is 2.30. The number of nitrogens with one attached hydrogen (secondary N) is 2. The lowest BCUT2D eigenvalue weighted by molar-refractivity contribution is -0.123. The fraction of sp³-hybridized carbons (Fsp3) is 0.111. The van der Waals surface area contributed by atoms with E-state index >= 15 is 0 Å². The van der Waals surface area contributed by atoms with E-state index in [0.29, 0.717) is 0 Å². The molecule has 1 aliphatic rings. The van der Waals surface area contributed by atoms with Crippen LogP contribution < -0.4 is 10.9 Å². The summed E-state index contributed by atoms with van der Waals surface area (Å²) >= 11 is 0. The molecule has 4 nitrogen and oxygen atoms in total. The minimum atomic E-state index is -0.414. The molecule has 1 aromatic carbocycles. The molecule has 1 amide bonds. The zero-order valence-corrected chi connectivity index (χ0v) is 6.90. The van der Waals surface area contributed by atoms with Gasteiger partial charge in [0.15, 0.2) is 6.04 Å². The standard InChI is InChI=1S/C9H9N3O/c13-9-8(10-6-11-12-9)7-4-2-1-3-5-7/h1-6,8H,(H,10,11)(H,12,13). The molecule has 0 aromatic heterocycles. The predicted molar refractivity (Wildman–Crippen MR) is 49.0 cm³/mol. The van der Waals surface area contributed by atoms with Crippen molar-refractivity contribution in [3.05, 3.63) is 35.9 Å². The summed E-state index contributed by atoms with van der Waals surface area (Å²) < 4.78 is 0. The first-order valence-corrected chi connectivity index (χ1v) is 4.00. The van der Waals surface area contributed by atoms with Crippen LogP contribution in [0.3, 0.4) is 0 Å². The van der Waals surface area contributed by atoms with Gasteiger partial charge in [0.1, 0.15) is 6.34 Å². The third kappa shape index (κ3) is 1.51. The number of aliphatic imine (C=N–C) groups is 1. The zero-order valence-electron chi connectivity index (χ0n) is 6.90. The average molecular weight is 175 g/mol. The highest BCUT2D eigenvalue weighted by atomic mass is 16.2. The van der Waals surface area contributed by atoms with Gasteiger partial charge in [0.25, 0.3) is 5.91 Å². The summed E-state index contributed by atoms with van der Waals surface area (Å²) in [6.07, 6.45) is 1.49. The predicted octanol–water partition coefficient (Wildman–Crippen LogP) is 0.390. The molecule has 4 heteroatoms. The molecule has 1 atom stereocenters. The van der Waals surface area contributed by atoms with Crippen LogP contribution >= 0.6 is 0 Å². The quantitative estimate of drug-likeness (QED) is 0.648. The van der Waals surface area contributed by atoms with Gasteiger partial charge < -0.3 is 0 Å². The van der Waals surface area contributed by atoms with E-state index in [1.165, 1.54) is 6.34 Å². The van der Waals surface area contributed by atoms with Gasteiger partial charge in [0, 0.05) is 0 Å². The molecule has 0 saturated carbocycles. The van der Waals surface area contributed by atoms with E-state index in [2.05, 4.69) is 15.8 Å². The van der Waals surface area contributed by atoms with Crippen molar-refractivity contribution in [1.82, 2.24) is 10.9 Å². The lowest BCUT2D eigenvalue weighted by Crippen LogP contribution is -2.43. The van der Waals surface area contributed by atoms with Crippen molar-refractivity contribution in [1.29, 1.82) is 0 Å². The van der Waals surface area contributed by atoms with E-state index in [0.717, 1.165) is 5.56 Å². The Morgan fingerprint density at radius 1 is 1.23 bits per heavy atom. The summed E-state index contributed by atoms with van der Waals surface area (Å²) in [4.78, 5) is 15.3. The highest BCUT2D eigenvalue weighted by molar-refractivity contribution is 5.87. The highest BCUT2D eigenvalue weighted by Crippen LogP contribution is 2.17. The molecule has 0 radical (unpaired) electrons. The summed E-state index contributed by atoms with van der Waals surface area (Å²) in [7, 11) is 0. The van der Waals surface area contributed by atoms with Gasteiger partial charge in [-0.05, 0) is 5.56 Å². The van der Waals surface area contributed by atoms with Crippen LogP contribution in [0.4, 0.5) is 0 Å². The summed E-state index contributed by atoms with van der Waals surface area (Å²) in [5, 5.41) is 0. The number of benzene rings is 1. The fourth-order valence-corrected chi connectivity index (χ4v) is 1.22. The molecule has 1 heterocycles. The van der Waals surface area contributed by atoms with Crippen LogP contribution in [-0.2, 0) is 4.79 Å². The van der Waals surface area contributed by atoms with E-state index in [9.17, 15) is 4.79 Å². The number of hydrazine groups is 1. The first-order chi connectivity index (χ1) is 6.38. The number of hydrogen-bond acceptors (Lipinski definition) is 3. The highest BCUT2D eigenvalue weighted by Gasteiger charge is 2.20. The molecule has 0 bridgehead atoms. The third-order valence-corrected chi connectivity index (χ3v) is 1.85. The molecular weight excluding hydrogens is 166 g/mol. The largest absolute Gasteiger partial charge is 0.288 e. The Kier molecular flexibility index (Phi) is 1.96. The maximum atomic E-state index is 11.3. The zero-order chi connectivity index (χ0) is 9.10. The molecule has 1 unspecified atom stereocenters. The smallest absolute Gasteiger partial charge is 0.267 e. The summed E-state index contributed by atoms with van der Waals surface area (Å²) in [5.41, 5.74) is 5.94. The number of hydrogen-bond donors (Lipinski definition) is 2. The topological polar surface area (TPSA) is 53.5 Å². The van der Waals surface area contributed by atoms with Crippen molar-refractivity contribution >= 4 is 12.2 Å². The van der Waals surface area contributed by atoms with Crippen molar-refractivity contribution in [2.75, 3.05) is 0 Å². The average Bonchev–Trinajstić information content (AvgIpc) is 2.20. The first-order valence-electron chi connectivity index (χ1n) is 4.00. The fourth-order valence-electron chi connectivity index (χ4n) is 1.22. The molecule has 1 aliphatic heterocycles. The molecule has 0 fully saturated rings. The van der Waals surface area contributed by atoms with Gasteiger partial charge in [-0.2, -0.15) is 0 Å². The normalized spacial score (nSPS) is 20.6. The van der Waals surface area contributed by atoms with Gasteiger partial charge in [-0.15, -0.1) is 0 Å². The number of nitrogens with zero attached hydrogens (tertiary/aromatic N) is 1. The number of amides is 1. The van der Waals surface area contributed by atoms with Crippen LogP contribution in [0.1, 0.15) is 11.6 Å². The SMILES string of the molecule is O=C1NNC=NC1c1ccccc1. The van der Waals surface area contributed by atoms with Gasteiger partial charge in [0.2, 0.25) is 0 Å². The van der Waals surface area contributed by atoms with Crippen molar-refractivity contribution in [2.45, 2.75) is 6.04 Å². The number of rotatable bonds is 1. The Labute approximate surface area is 75.6 Å². The maximum absolute atomic E-state index is 11.3. The monoisotopic (exact) mass is 175 g/mol. The summed E-state index contributed by atoms with van der Waals surface area (Å²) in [6, 6.07) is 9.04. The van der Waals surface area contributed by atoms with Crippen LogP contribution in [0.5, 0.6) is 0 Å². The molecule has 0 saturated heterocycles. The van der Waals surface area contributed by atoms with Gasteiger partial charge in [-0.25, -0.2) is 0 Å². The lowest BCUT2D eigenvalue weighted by atomic mass is 10.1. The molecule has 13 heavy (non-hydrogen) atoms. The second-order valence-electron chi connectivity index (χ2n) is 2.72. The Morgan fingerprint density at radius 3 is 2.69 bits per heavy atom. The van der Waals surface area contributed by atoms with Crippen LogP contribution in [-0.4, -0.2) is 12.2 Å². The van der Waals surface area contributed by atoms with E-state index in [1.807, 2.05) is 30.3 Å². The van der Waals surface area contributed by atoms with E-state index < -0.39 is 6.04 Å². The van der Waals surface area contributed by atoms with Gasteiger partial charge >= 0.3 is 0 Å². The lowest BCUT2D eigenvalue weighted by Gasteiger charge is -2.16. The van der Waals surface area contributed by atoms with Crippen LogP contribution in [0.15, 0.2) is 35.3 Å². The minimum Gasteiger partial charge on any atom is -0.288 e. The van der Waals surface area contributed by atoms with Crippen molar-refractivity contribution in [3.63, 3.8) is 0 Å². The Hall–Kier alpha value is -1.84. The second kappa shape index (κ2) is 3.26. The summed E-state index contributed by atoms with van der Waals surface area (Å²) in [6.45, 7) is 0.